The molecule has 2 aromatic carbocycles. The number of benzene rings is 2. The third kappa shape index (κ3) is 2.60. The zero-order chi connectivity index (χ0) is 14.7. The molecular weight excluding hydrogens is 248 g/mol. The molecule has 0 bridgehead atoms. The van der Waals surface area contributed by atoms with Crippen molar-refractivity contribution in [1.29, 1.82) is 0 Å². The molecule has 0 aliphatic heterocycles. The summed E-state index contributed by atoms with van der Waals surface area (Å²) >= 11 is 0. The monoisotopic (exact) mass is 268 g/mol. The van der Waals surface area contributed by atoms with Gasteiger partial charge in [-0.25, -0.2) is 4.79 Å². The second kappa shape index (κ2) is 5.91. The van der Waals surface area contributed by atoms with Gasteiger partial charge in [-0.05, 0) is 48.6 Å². The van der Waals surface area contributed by atoms with E-state index in [2.05, 4.69) is 45.0 Å². The molecule has 0 saturated carbocycles. The molecule has 104 valence electrons. The van der Waals surface area contributed by atoms with E-state index >= 15 is 0 Å². The Kier molecular flexibility index (Phi) is 4.23. The number of ether oxygens (including phenoxy) is 1. The zero-order valence-corrected chi connectivity index (χ0v) is 12.5. The fourth-order valence-electron chi connectivity index (χ4n) is 2.59. The summed E-state index contributed by atoms with van der Waals surface area (Å²) in [5.74, 6) is -0.282. The van der Waals surface area contributed by atoms with Gasteiger partial charge in [-0.1, -0.05) is 42.8 Å². The van der Waals surface area contributed by atoms with Crippen LogP contribution >= 0.6 is 0 Å². The van der Waals surface area contributed by atoms with Crippen molar-refractivity contribution in [3.8, 4) is 11.1 Å². The number of aryl methyl sites for hydroxylation is 3. The lowest BCUT2D eigenvalue weighted by molar-refractivity contribution is 0.0601. The molecule has 0 radical (unpaired) electrons. The van der Waals surface area contributed by atoms with Crippen LogP contribution in [0.2, 0.25) is 0 Å². The van der Waals surface area contributed by atoms with E-state index in [4.69, 9.17) is 4.74 Å². The molecule has 0 spiro atoms. The zero-order valence-electron chi connectivity index (χ0n) is 12.5. The maximum Gasteiger partial charge on any atom is 0.338 e. The normalized spacial score (nSPS) is 10.4. The van der Waals surface area contributed by atoms with Crippen molar-refractivity contribution >= 4 is 5.97 Å². The largest absolute Gasteiger partial charge is 0.465 e. The Morgan fingerprint density at radius 3 is 2.50 bits per heavy atom. The summed E-state index contributed by atoms with van der Waals surface area (Å²) < 4.78 is 4.92. The average molecular weight is 268 g/mol. The maximum absolute atomic E-state index is 12.0. The molecule has 0 unspecified atom stereocenters. The second-order valence-electron chi connectivity index (χ2n) is 5.00. The first-order chi connectivity index (χ1) is 9.58. The summed E-state index contributed by atoms with van der Waals surface area (Å²) in [7, 11) is 1.42. The minimum absolute atomic E-state index is 0.282. The molecule has 0 amide bonds. The fraction of sp³-hybridized carbons (Fsp3) is 0.278. The molecule has 0 saturated heterocycles. The lowest BCUT2D eigenvalue weighted by Gasteiger charge is -2.15. The highest BCUT2D eigenvalue weighted by molar-refractivity contribution is 5.98. The summed E-state index contributed by atoms with van der Waals surface area (Å²) in [6.07, 6.45) is 0.882. The van der Waals surface area contributed by atoms with Crippen molar-refractivity contribution in [2.45, 2.75) is 27.2 Å². The van der Waals surface area contributed by atoms with Crippen LogP contribution < -0.4 is 0 Å². The molecule has 0 N–H and O–H groups in total. The minimum atomic E-state index is -0.282. The van der Waals surface area contributed by atoms with Crippen molar-refractivity contribution in [2.24, 2.45) is 0 Å². The second-order valence-corrected chi connectivity index (χ2v) is 5.00. The summed E-state index contributed by atoms with van der Waals surface area (Å²) in [5.41, 5.74) is 6.31. The van der Waals surface area contributed by atoms with Gasteiger partial charge in [0.1, 0.15) is 0 Å². The molecule has 2 aromatic rings. The quantitative estimate of drug-likeness (QED) is 0.775. The van der Waals surface area contributed by atoms with Crippen LogP contribution in [0.25, 0.3) is 11.1 Å². The molecule has 0 aromatic heterocycles. The molecule has 2 rings (SSSR count). The van der Waals surface area contributed by atoms with Crippen LogP contribution in [0.3, 0.4) is 0 Å². The topological polar surface area (TPSA) is 26.3 Å². The molecular formula is C18H20O2. The van der Waals surface area contributed by atoms with E-state index in [9.17, 15) is 4.79 Å². The highest BCUT2D eigenvalue weighted by atomic mass is 16.5. The van der Waals surface area contributed by atoms with E-state index in [0.717, 1.165) is 17.5 Å². The predicted octanol–water partition coefficient (Wildman–Crippen LogP) is 4.32. The SMILES string of the molecule is CCc1cccc(C(=O)OC)c1-c1ccc(C)cc1C. The number of hydrogen-bond acceptors (Lipinski definition) is 2. The Balaban J connectivity index is 2.73. The Hall–Kier alpha value is -2.09. The van der Waals surface area contributed by atoms with Crippen LogP contribution in [0, 0.1) is 13.8 Å². The van der Waals surface area contributed by atoms with Crippen molar-refractivity contribution in [3.05, 3.63) is 58.7 Å². The highest BCUT2D eigenvalue weighted by Crippen LogP contribution is 2.31. The summed E-state index contributed by atoms with van der Waals surface area (Å²) in [6.45, 7) is 6.25. The number of carbonyl (C=O) groups is 1. The number of methoxy groups -OCH3 is 1. The molecule has 2 nitrogen and oxygen atoms in total. The average Bonchev–Trinajstić information content (AvgIpc) is 2.46. The van der Waals surface area contributed by atoms with Gasteiger partial charge in [0.15, 0.2) is 0 Å². The van der Waals surface area contributed by atoms with Crippen molar-refractivity contribution in [3.63, 3.8) is 0 Å². The van der Waals surface area contributed by atoms with Crippen LogP contribution in [0.5, 0.6) is 0 Å². The minimum Gasteiger partial charge on any atom is -0.465 e. The Morgan fingerprint density at radius 1 is 1.15 bits per heavy atom. The van der Waals surface area contributed by atoms with Crippen molar-refractivity contribution in [1.82, 2.24) is 0 Å². The van der Waals surface area contributed by atoms with Gasteiger partial charge in [-0.2, -0.15) is 0 Å². The molecule has 0 aliphatic rings. The third-order valence-electron chi connectivity index (χ3n) is 3.59. The van der Waals surface area contributed by atoms with Gasteiger partial charge in [0.25, 0.3) is 0 Å². The van der Waals surface area contributed by atoms with Crippen LogP contribution in [0.15, 0.2) is 36.4 Å². The van der Waals surface area contributed by atoms with E-state index in [1.54, 1.807) is 0 Å². The van der Waals surface area contributed by atoms with Gasteiger partial charge in [-0.3, -0.25) is 0 Å². The van der Waals surface area contributed by atoms with Gasteiger partial charge in [0.2, 0.25) is 0 Å². The molecule has 0 fully saturated rings. The first kappa shape index (κ1) is 14.3. The first-order valence-electron chi connectivity index (χ1n) is 6.86. The smallest absolute Gasteiger partial charge is 0.338 e. The number of carbonyl (C=O) groups excluding carboxylic acids is 1. The summed E-state index contributed by atoms with van der Waals surface area (Å²) in [6, 6.07) is 12.1. The van der Waals surface area contributed by atoms with E-state index in [1.807, 2.05) is 12.1 Å². The van der Waals surface area contributed by atoms with Crippen LogP contribution in [0.4, 0.5) is 0 Å². The maximum atomic E-state index is 12.0. The first-order valence-corrected chi connectivity index (χ1v) is 6.86. The Morgan fingerprint density at radius 2 is 1.90 bits per heavy atom. The lowest BCUT2D eigenvalue weighted by atomic mass is 9.90. The van der Waals surface area contributed by atoms with Gasteiger partial charge in [-0.15, -0.1) is 0 Å². The predicted molar refractivity (Wildman–Crippen MR) is 82.1 cm³/mol. The summed E-state index contributed by atoms with van der Waals surface area (Å²) in [5, 5.41) is 0. The number of esters is 1. The Bertz CT molecular complexity index is 642. The molecule has 20 heavy (non-hydrogen) atoms. The fourth-order valence-corrected chi connectivity index (χ4v) is 2.59. The van der Waals surface area contributed by atoms with E-state index in [-0.39, 0.29) is 5.97 Å². The third-order valence-corrected chi connectivity index (χ3v) is 3.59. The molecule has 0 heterocycles. The van der Waals surface area contributed by atoms with Gasteiger partial charge in [0, 0.05) is 0 Å². The van der Waals surface area contributed by atoms with Gasteiger partial charge in [0.05, 0.1) is 12.7 Å². The number of hydrogen-bond donors (Lipinski definition) is 0. The van der Waals surface area contributed by atoms with E-state index < -0.39 is 0 Å². The van der Waals surface area contributed by atoms with Crippen LogP contribution in [-0.2, 0) is 11.2 Å². The van der Waals surface area contributed by atoms with E-state index in [1.165, 1.54) is 23.8 Å². The molecule has 2 heteroatoms. The van der Waals surface area contributed by atoms with Crippen LogP contribution in [0.1, 0.15) is 34.0 Å². The molecule has 0 atom stereocenters. The highest BCUT2D eigenvalue weighted by Gasteiger charge is 2.17. The van der Waals surface area contributed by atoms with Crippen molar-refractivity contribution < 1.29 is 9.53 Å². The standard InChI is InChI=1S/C18H20O2/c1-5-14-7-6-8-16(18(19)20-4)17(14)15-10-9-12(2)11-13(15)3/h6-11H,5H2,1-4H3. The van der Waals surface area contributed by atoms with Crippen LogP contribution in [-0.4, -0.2) is 13.1 Å². The summed E-state index contributed by atoms with van der Waals surface area (Å²) in [4.78, 5) is 12.0. The van der Waals surface area contributed by atoms with Crippen molar-refractivity contribution in [2.75, 3.05) is 7.11 Å². The van der Waals surface area contributed by atoms with Gasteiger partial charge < -0.3 is 4.74 Å². The van der Waals surface area contributed by atoms with Gasteiger partial charge >= 0.3 is 5.97 Å². The molecule has 0 aliphatic carbocycles. The Labute approximate surface area is 120 Å². The van der Waals surface area contributed by atoms with E-state index in [0.29, 0.717) is 5.56 Å². The number of rotatable bonds is 3. The lowest BCUT2D eigenvalue weighted by Crippen LogP contribution is -2.06.